The summed E-state index contributed by atoms with van der Waals surface area (Å²) in [6, 6.07) is 9.69. The van der Waals surface area contributed by atoms with Crippen LogP contribution in [0.15, 0.2) is 46.3 Å². The molecule has 0 saturated heterocycles. The first-order valence-corrected chi connectivity index (χ1v) is 11.8. The lowest BCUT2D eigenvalue weighted by molar-refractivity contribution is -0.668. The highest BCUT2D eigenvalue weighted by Crippen LogP contribution is 2.37. The maximum Gasteiger partial charge on any atom is 0.573 e. The van der Waals surface area contributed by atoms with Gasteiger partial charge in [0.05, 0.1) is 11.0 Å². The number of rotatable bonds is 8. The highest BCUT2D eigenvalue weighted by atomic mass is 79.9. The molecule has 2 N–H and O–H groups in total. The van der Waals surface area contributed by atoms with E-state index in [0.717, 1.165) is 16.4 Å². The fourth-order valence-corrected chi connectivity index (χ4v) is 4.79. The molecule has 1 aromatic heterocycles. The smallest absolute Gasteiger partial charge is 0.454 e. The number of fused-ring (bicyclic) bond motifs is 1. The van der Waals surface area contributed by atoms with Crippen LogP contribution in [0.25, 0.3) is 11.3 Å². The second kappa shape index (κ2) is 10.1. The van der Waals surface area contributed by atoms with Crippen molar-refractivity contribution in [2.24, 2.45) is 0 Å². The van der Waals surface area contributed by atoms with Crippen LogP contribution in [0.3, 0.4) is 0 Å². The summed E-state index contributed by atoms with van der Waals surface area (Å²) in [4.78, 5) is 11.2. The molecule has 0 atom stereocenters. The first kappa shape index (κ1) is 24.1. The molecule has 0 unspecified atom stereocenters. The van der Waals surface area contributed by atoms with E-state index >= 15 is 0 Å². The zero-order valence-corrected chi connectivity index (χ0v) is 20.3. The van der Waals surface area contributed by atoms with Gasteiger partial charge in [-0.1, -0.05) is 11.3 Å². The number of nitrogens with zero attached hydrogens (tertiary/aromatic N) is 1. The fourth-order valence-electron chi connectivity index (χ4n) is 3.36. The molecule has 4 rings (SSSR count). The monoisotopic (exact) mass is 558 g/mol. The molecular weight excluding hydrogens is 539 g/mol. The molecule has 180 valence electrons. The van der Waals surface area contributed by atoms with Crippen LogP contribution in [0.5, 0.6) is 17.2 Å². The van der Waals surface area contributed by atoms with Crippen molar-refractivity contribution in [3.63, 3.8) is 0 Å². The topological polar surface area (TPSA) is 72.7 Å². The summed E-state index contributed by atoms with van der Waals surface area (Å²) in [5, 5.41) is 8.81. The van der Waals surface area contributed by atoms with Crippen molar-refractivity contribution in [3.8, 4) is 28.5 Å². The molecule has 1 aliphatic rings. The molecular formula is C22H20BrF3N3O4S+. The highest BCUT2D eigenvalue weighted by molar-refractivity contribution is 9.10. The van der Waals surface area contributed by atoms with Gasteiger partial charge < -0.3 is 19.5 Å². The van der Waals surface area contributed by atoms with Gasteiger partial charge in [0.2, 0.25) is 12.7 Å². The van der Waals surface area contributed by atoms with Gasteiger partial charge in [0.25, 0.3) is 0 Å². The zero-order chi connectivity index (χ0) is 24.3. The van der Waals surface area contributed by atoms with Crippen molar-refractivity contribution >= 4 is 44.0 Å². The first-order valence-electron chi connectivity index (χ1n) is 10.2. The van der Waals surface area contributed by atoms with Crippen LogP contribution in [0.4, 0.5) is 24.0 Å². The number of carbonyl (C=O) groups excluding carboxylic acids is 1. The Balaban J connectivity index is 1.61. The Kier molecular flexibility index (Phi) is 7.17. The third-order valence-electron chi connectivity index (χ3n) is 4.83. The third-order valence-corrected chi connectivity index (χ3v) is 6.38. The molecule has 0 bridgehead atoms. The normalized spacial score (nSPS) is 12.5. The van der Waals surface area contributed by atoms with E-state index in [1.807, 2.05) is 23.6 Å². The molecule has 0 aliphatic carbocycles. The number of halogens is 4. The Hall–Kier alpha value is -2.99. The van der Waals surface area contributed by atoms with E-state index in [2.05, 4.69) is 35.9 Å². The standard InChI is InChI=1S/C22H19BrF3N3O4S/c1-13(30)27-7-2-8-29-18(14-3-6-19-20(9-14)32-12-31-19)11-34-21(29)28-17-5-4-15(10-16(17)23)33-22(24,25)26/h3-6,9-11H,2,7-8,12H2,1H3,(H,27,30)/p+1. The molecule has 0 fully saturated rings. The number of benzene rings is 2. The molecule has 12 heteroatoms. The predicted octanol–water partition coefficient (Wildman–Crippen LogP) is 5.36. The number of hydrogen-bond acceptors (Lipinski definition) is 6. The number of nitrogens with one attached hydrogen (secondary N) is 2. The predicted molar refractivity (Wildman–Crippen MR) is 123 cm³/mol. The van der Waals surface area contributed by atoms with Crippen molar-refractivity contribution in [3.05, 3.63) is 46.3 Å². The third kappa shape index (κ3) is 5.92. The molecule has 34 heavy (non-hydrogen) atoms. The molecule has 7 nitrogen and oxygen atoms in total. The van der Waals surface area contributed by atoms with Gasteiger partial charge in [0.1, 0.15) is 17.1 Å². The van der Waals surface area contributed by atoms with Gasteiger partial charge >= 0.3 is 11.5 Å². The molecule has 2 heterocycles. The summed E-state index contributed by atoms with van der Waals surface area (Å²) >= 11 is 4.76. The van der Waals surface area contributed by atoms with Crippen molar-refractivity contribution < 1.29 is 36.7 Å². The second-order valence-corrected chi connectivity index (χ2v) is 9.01. The van der Waals surface area contributed by atoms with E-state index in [1.165, 1.54) is 36.5 Å². The molecule has 1 amide bonds. The van der Waals surface area contributed by atoms with Gasteiger partial charge in [-0.05, 0) is 52.3 Å². The Morgan fingerprint density at radius 1 is 1.21 bits per heavy atom. The van der Waals surface area contributed by atoms with E-state index in [1.54, 1.807) is 0 Å². The Bertz CT molecular complexity index is 1200. The average Bonchev–Trinajstić information content (AvgIpc) is 3.38. The summed E-state index contributed by atoms with van der Waals surface area (Å²) in [5.41, 5.74) is 2.41. The van der Waals surface area contributed by atoms with Crippen LogP contribution in [0.1, 0.15) is 13.3 Å². The number of alkyl halides is 3. The summed E-state index contributed by atoms with van der Waals surface area (Å²) < 4.78 is 54.9. The minimum absolute atomic E-state index is 0.102. The molecule has 2 aromatic carbocycles. The first-order chi connectivity index (χ1) is 16.2. The summed E-state index contributed by atoms with van der Waals surface area (Å²) in [7, 11) is 0. The number of amides is 1. The van der Waals surface area contributed by atoms with Gasteiger partial charge in [-0.15, -0.1) is 13.2 Å². The van der Waals surface area contributed by atoms with Crippen molar-refractivity contribution in [1.29, 1.82) is 0 Å². The van der Waals surface area contributed by atoms with E-state index in [0.29, 0.717) is 41.2 Å². The van der Waals surface area contributed by atoms with Crippen LogP contribution in [-0.2, 0) is 11.3 Å². The SMILES string of the molecule is CC(=O)NCCC[n+]1c(-c2ccc3c(c2)OCO3)csc1Nc1ccc(OC(F)(F)F)cc1Br. The lowest BCUT2D eigenvalue weighted by Gasteiger charge is -2.11. The van der Waals surface area contributed by atoms with Crippen LogP contribution in [0.2, 0.25) is 0 Å². The highest BCUT2D eigenvalue weighted by Gasteiger charge is 2.31. The fraction of sp³-hybridized carbons (Fsp3) is 0.273. The van der Waals surface area contributed by atoms with Crippen molar-refractivity contribution in [2.75, 3.05) is 18.7 Å². The lowest BCUT2D eigenvalue weighted by atomic mass is 10.1. The van der Waals surface area contributed by atoms with E-state index in [9.17, 15) is 18.0 Å². The Labute approximate surface area is 205 Å². The van der Waals surface area contributed by atoms with Gasteiger partial charge in [0, 0.05) is 30.8 Å². The maximum absolute atomic E-state index is 12.5. The van der Waals surface area contributed by atoms with Gasteiger partial charge in [-0.3, -0.25) is 4.79 Å². The van der Waals surface area contributed by atoms with E-state index in [-0.39, 0.29) is 18.4 Å². The average molecular weight is 559 g/mol. The summed E-state index contributed by atoms with van der Waals surface area (Å²) in [6.07, 6.45) is -4.09. The van der Waals surface area contributed by atoms with Crippen molar-refractivity contribution in [2.45, 2.75) is 26.3 Å². The van der Waals surface area contributed by atoms with Crippen LogP contribution in [-0.4, -0.2) is 25.6 Å². The molecule has 0 radical (unpaired) electrons. The molecule has 0 saturated carbocycles. The zero-order valence-electron chi connectivity index (χ0n) is 17.9. The number of thiazole rings is 1. The second-order valence-electron chi connectivity index (χ2n) is 7.30. The molecule has 0 spiro atoms. The molecule has 3 aromatic rings. The largest absolute Gasteiger partial charge is 0.573 e. The quantitative estimate of drug-likeness (QED) is 0.287. The number of ether oxygens (including phenoxy) is 3. The van der Waals surface area contributed by atoms with E-state index in [4.69, 9.17) is 9.47 Å². The number of aromatic nitrogens is 1. The number of hydrogen-bond donors (Lipinski definition) is 2. The summed E-state index contributed by atoms with van der Waals surface area (Å²) in [5.74, 6) is 0.917. The minimum Gasteiger partial charge on any atom is -0.454 e. The van der Waals surface area contributed by atoms with E-state index < -0.39 is 6.36 Å². The Morgan fingerprint density at radius 2 is 2.00 bits per heavy atom. The summed E-state index contributed by atoms with van der Waals surface area (Å²) in [6.45, 7) is 2.73. The lowest BCUT2D eigenvalue weighted by Crippen LogP contribution is -2.38. The number of anilines is 2. The van der Waals surface area contributed by atoms with Crippen LogP contribution >= 0.6 is 27.3 Å². The van der Waals surface area contributed by atoms with Gasteiger partial charge in [-0.25, -0.2) is 9.88 Å². The maximum atomic E-state index is 12.5. The van der Waals surface area contributed by atoms with Gasteiger partial charge in [0.15, 0.2) is 11.5 Å². The van der Waals surface area contributed by atoms with Crippen LogP contribution in [0, 0.1) is 0 Å². The van der Waals surface area contributed by atoms with Crippen molar-refractivity contribution in [1.82, 2.24) is 5.32 Å². The Morgan fingerprint density at radius 3 is 2.74 bits per heavy atom. The number of carbonyl (C=O) groups is 1. The van der Waals surface area contributed by atoms with Crippen LogP contribution < -0.4 is 29.4 Å². The van der Waals surface area contributed by atoms with Gasteiger partial charge in [-0.2, -0.15) is 0 Å². The molecule has 1 aliphatic heterocycles. The minimum atomic E-state index is -4.77.